The van der Waals surface area contributed by atoms with Crippen molar-refractivity contribution >= 4 is 38.4 Å². The number of aryl methyl sites for hydroxylation is 1. The zero-order chi connectivity index (χ0) is 16.9. The Labute approximate surface area is 147 Å². The molecule has 5 heteroatoms. The van der Waals surface area contributed by atoms with E-state index in [1.807, 2.05) is 31.3 Å². The van der Waals surface area contributed by atoms with Crippen molar-refractivity contribution in [2.45, 2.75) is 25.2 Å². The standard InChI is InChI=1S/C19H16BrFN2O/c1-11-2-5-16(15(20)8-11)23-18(24)19(6-7-19)14-10-22-17-9-12(21)3-4-13(14)17/h2-5,8-10,22H,6-7H2,1H3,(H,23,24). The third kappa shape index (κ3) is 2.44. The van der Waals surface area contributed by atoms with E-state index in [0.717, 1.165) is 45.0 Å². The van der Waals surface area contributed by atoms with E-state index in [1.165, 1.54) is 12.1 Å². The summed E-state index contributed by atoms with van der Waals surface area (Å²) < 4.78 is 14.2. The Kier molecular flexibility index (Phi) is 3.49. The average molecular weight is 387 g/mol. The number of nitrogens with one attached hydrogen (secondary N) is 2. The molecule has 2 N–H and O–H groups in total. The van der Waals surface area contributed by atoms with Crippen molar-refractivity contribution < 1.29 is 9.18 Å². The van der Waals surface area contributed by atoms with E-state index in [1.54, 1.807) is 6.07 Å². The van der Waals surface area contributed by atoms with Crippen molar-refractivity contribution in [1.29, 1.82) is 0 Å². The van der Waals surface area contributed by atoms with Gasteiger partial charge in [0.2, 0.25) is 5.91 Å². The summed E-state index contributed by atoms with van der Waals surface area (Å²) in [6.45, 7) is 2.00. The second-order valence-electron chi connectivity index (χ2n) is 6.41. The lowest BCUT2D eigenvalue weighted by molar-refractivity contribution is -0.118. The Hall–Kier alpha value is -2.14. The second kappa shape index (κ2) is 5.45. The minimum atomic E-state index is -0.527. The van der Waals surface area contributed by atoms with Gasteiger partial charge in [0.15, 0.2) is 0 Å². The fourth-order valence-electron chi connectivity index (χ4n) is 3.20. The highest BCUT2D eigenvalue weighted by atomic mass is 79.9. The molecule has 3 nitrogen and oxygen atoms in total. The van der Waals surface area contributed by atoms with Gasteiger partial charge in [-0.1, -0.05) is 6.07 Å². The Morgan fingerprint density at radius 1 is 1.25 bits per heavy atom. The number of H-pyrrole nitrogens is 1. The van der Waals surface area contributed by atoms with Gasteiger partial charge in [0, 0.05) is 21.6 Å². The molecule has 1 amide bonds. The zero-order valence-electron chi connectivity index (χ0n) is 13.1. The summed E-state index contributed by atoms with van der Waals surface area (Å²) in [6, 6.07) is 10.5. The topological polar surface area (TPSA) is 44.9 Å². The SMILES string of the molecule is Cc1ccc(NC(=O)C2(c3c[nH]c4cc(F)ccc34)CC2)c(Br)c1. The lowest BCUT2D eigenvalue weighted by Crippen LogP contribution is -2.27. The molecule has 0 bridgehead atoms. The Morgan fingerprint density at radius 3 is 2.75 bits per heavy atom. The molecule has 122 valence electrons. The van der Waals surface area contributed by atoms with Gasteiger partial charge in [-0.2, -0.15) is 0 Å². The van der Waals surface area contributed by atoms with Crippen LogP contribution in [0.15, 0.2) is 47.1 Å². The van der Waals surface area contributed by atoms with E-state index in [2.05, 4.69) is 26.2 Å². The maximum Gasteiger partial charge on any atom is 0.235 e. The minimum Gasteiger partial charge on any atom is -0.361 e. The molecule has 1 aromatic heterocycles. The van der Waals surface area contributed by atoms with Gasteiger partial charge in [0.25, 0.3) is 0 Å². The number of hydrogen-bond donors (Lipinski definition) is 2. The number of amides is 1. The van der Waals surface area contributed by atoms with E-state index in [-0.39, 0.29) is 11.7 Å². The number of aromatic amines is 1. The third-order valence-electron chi connectivity index (χ3n) is 4.72. The maximum atomic E-state index is 13.4. The normalized spacial score (nSPS) is 15.5. The van der Waals surface area contributed by atoms with Crippen LogP contribution >= 0.6 is 15.9 Å². The minimum absolute atomic E-state index is 0.0164. The van der Waals surface area contributed by atoms with E-state index >= 15 is 0 Å². The van der Waals surface area contributed by atoms with Crippen LogP contribution in [0.2, 0.25) is 0 Å². The van der Waals surface area contributed by atoms with Gasteiger partial charge < -0.3 is 10.3 Å². The van der Waals surface area contributed by atoms with Gasteiger partial charge >= 0.3 is 0 Å². The van der Waals surface area contributed by atoms with E-state index < -0.39 is 5.41 Å². The maximum absolute atomic E-state index is 13.4. The highest BCUT2D eigenvalue weighted by Gasteiger charge is 2.52. The van der Waals surface area contributed by atoms with Crippen molar-refractivity contribution in [1.82, 2.24) is 4.98 Å². The lowest BCUT2D eigenvalue weighted by Gasteiger charge is -2.16. The molecule has 2 aromatic carbocycles. The molecule has 0 aliphatic heterocycles. The van der Waals surface area contributed by atoms with Crippen molar-refractivity contribution in [3.63, 3.8) is 0 Å². The molecule has 1 aliphatic carbocycles. The van der Waals surface area contributed by atoms with Crippen LogP contribution in [0.5, 0.6) is 0 Å². The quantitative estimate of drug-likeness (QED) is 0.649. The Bertz CT molecular complexity index is 959. The Morgan fingerprint density at radius 2 is 2.04 bits per heavy atom. The molecular formula is C19H16BrFN2O. The number of rotatable bonds is 3. The van der Waals surface area contributed by atoms with Crippen molar-refractivity contribution in [2.75, 3.05) is 5.32 Å². The zero-order valence-corrected chi connectivity index (χ0v) is 14.7. The summed E-state index contributed by atoms with van der Waals surface area (Å²) in [5.74, 6) is -0.300. The molecule has 1 aliphatic rings. The molecule has 4 rings (SSSR count). The first-order chi connectivity index (χ1) is 11.5. The monoisotopic (exact) mass is 386 g/mol. The molecule has 0 radical (unpaired) electrons. The first kappa shape index (κ1) is 15.4. The molecule has 0 saturated heterocycles. The summed E-state index contributed by atoms with van der Waals surface area (Å²) in [5.41, 5.74) is 3.03. The fourth-order valence-corrected chi connectivity index (χ4v) is 3.79. The lowest BCUT2D eigenvalue weighted by atomic mass is 9.94. The second-order valence-corrected chi connectivity index (χ2v) is 7.27. The van der Waals surface area contributed by atoms with Crippen LogP contribution in [0.3, 0.4) is 0 Å². The largest absolute Gasteiger partial charge is 0.361 e. The van der Waals surface area contributed by atoms with E-state index in [0.29, 0.717) is 0 Å². The molecule has 0 unspecified atom stereocenters. The van der Waals surface area contributed by atoms with Gasteiger partial charge in [-0.3, -0.25) is 4.79 Å². The van der Waals surface area contributed by atoms with Crippen LogP contribution in [-0.4, -0.2) is 10.9 Å². The molecule has 0 spiro atoms. The molecule has 1 fully saturated rings. The average Bonchev–Trinajstić information content (AvgIpc) is 3.24. The van der Waals surface area contributed by atoms with Gasteiger partial charge in [0.05, 0.1) is 11.1 Å². The van der Waals surface area contributed by atoms with Crippen LogP contribution in [0.1, 0.15) is 24.0 Å². The predicted molar refractivity (Wildman–Crippen MR) is 96.7 cm³/mol. The van der Waals surface area contributed by atoms with Crippen LogP contribution in [-0.2, 0) is 10.2 Å². The summed E-state index contributed by atoms with van der Waals surface area (Å²) in [7, 11) is 0. The van der Waals surface area contributed by atoms with Crippen LogP contribution < -0.4 is 5.32 Å². The number of aromatic nitrogens is 1. The number of anilines is 1. The molecule has 1 heterocycles. The number of hydrogen-bond acceptors (Lipinski definition) is 1. The van der Waals surface area contributed by atoms with Gasteiger partial charge in [-0.05, 0) is 77.2 Å². The molecule has 3 aromatic rings. The fraction of sp³-hybridized carbons (Fsp3) is 0.211. The first-order valence-corrected chi connectivity index (χ1v) is 8.64. The van der Waals surface area contributed by atoms with Crippen molar-refractivity contribution in [3.05, 3.63) is 64.0 Å². The summed E-state index contributed by atoms with van der Waals surface area (Å²) in [5, 5.41) is 3.94. The number of halogens is 2. The van der Waals surface area contributed by atoms with Gasteiger partial charge in [-0.25, -0.2) is 4.39 Å². The van der Waals surface area contributed by atoms with E-state index in [4.69, 9.17) is 0 Å². The summed E-state index contributed by atoms with van der Waals surface area (Å²) in [6.07, 6.45) is 3.43. The molecule has 0 atom stereocenters. The predicted octanol–water partition coefficient (Wildman–Crippen LogP) is 5.05. The molecular weight excluding hydrogens is 371 g/mol. The van der Waals surface area contributed by atoms with Gasteiger partial charge in [-0.15, -0.1) is 0 Å². The van der Waals surface area contributed by atoms with E-state index in [9.17, 15) is 9.18 Å². The highest BCUT2D eigenvalue weighted by Crippen LogP contribution is 2.51. The number of fused-ring (bicyclic) bond motifs is 1. The smallest absolute Gasteiger partial charge is 0.235 e. The van der Waals surface area contributed by atoms with Crippen LogP contribution in [0.4, 0.5) is 10.1 Å². The van der Waals surface area contributed by atoms with Gasteiger partial charge in [0.1, 0.15) is 5.82 Å². The molecule has 24 heavy (non-hydrogen) atoms. The van der Waals surface area contributed by atoms with Crippen molar-refractivity contribution in [2.24, 2.45) is 0 Å². The third-order valence-corrected chi connectivity index (χ3v) is 5.37. The Balaban J connectivity index is 1.68. The van der Waals surface area contributed by atoms with Crippen LogP contribution in [0, 0.1) is 12.7 Å². The van der Waals surface area contributed by atoms with Crippen LogP contribution in [0.25, 0.3) is 10.9 Å². The number of carbonyl (C=O) groups excluding carboxylic acids is 1. The number of carbonyl (C=O) groups is 1. The summed E-state index contributed by atoms with van der Waals surface area (Å²) >= 11 is 3.50. The molecule has 1 saturated carbocycles. The highest BCUT2D eigenvalue weighted by molar-refractivity contribution is 9.10. The van der Waals surface area contributed by atoms with Crippen molar-refractivity contribution in [3.8, 4) is 0 Å². The number of benzene rings is 2. The first-order valence-electron chi connectivity index (χ1n) is 7.84. The summed E-state index contributed by atoms with van der Waals surface area (Å²) in [4.78, 5) is 16.0.